The quantitative estimate of drug-likeness (QED) is 0.894. The Labute approximate surface area is 118 Å². The molecular weight excluding hydrogens is 250 g/mol. The number of hydrogen-bond donors (Lipinski definition) is 2. The van der Waals surface area contributed by atoms with E-state index in [1.807, 2.05) is 25.2 Å². The Kier molecular flexibility index (Phi) is 3.37. The molecule has 3 rings (SSSR count). The van der Waals surface area contributed by atoms with Gasteiger partial charge in [0.1, 0.15) is 5.69 Å². The average molecular weight is 267 g/mol. The van der Waals surface area contributed by atoms with Gasteiger partial charge in [0.25, 0.3) is 5.91 Å². The van der Waals surface area contributed by atoms with Crippen LogP contribution in [-0.2, 0) is 12.8 Å². The van der Waals surface area contributed by atoms with Gasteiger partial charge in [-0.05, 0) is 36.1 Å². The average Bonchev–Trinajstić information content (AvgIpc) is 2.89. The Morgan fingerprint density at radius 3 is 2.55 bits per heavy atom. The molecule has 1 heterocycles. The fourth-order valence-electron chi connectivity index (χ4n) is 2.63. The van der Waals surface area contributed by atoms with Crippen LogP contribution in [0.15, 0.2) is 42.6 Å². The first-order chi connectivity index (χ1) is 9.76. The van der Waals surface area contributed by atoms with Crippen LogP contribution in [0.3, 0.4) is 0 Å². The minimum Gasteiger partial charge on any atom is -0.388 e. The Morgan fingerprint density at radius 1 is 1.20 bits per heavy atom. The van der Waals surface area contributed by atoms with E-state index in [0.717, 1.165) is 18.5 Å². The van der Waals surface area contributed by atoms with Crippen LogP contribution in [0.4, 0.5) is 5.69 Å². The molecule has 0 spiro atoms. The largest absolute Gasteiger partial charge is 0.388 e. The smallest absolute Gasteiger partial charge is 0.270 e. The topological polar surface area (TPSA) is 54.0 Å². The number of benzene rings is 1. The molecular formula is C16H17N3O. The number of carbonyl (C=O) groups is 1. The molecule has 1 amide bonds. The zero-order chi connectivity index (χ0) is 13.9. The van der Waals surface area contributed by atoms with Gasteiger partial charge in [-0.25, -0.2) is 0 Å². The molecule has 1 aliphatic rings. The third-order valence-electron chi connectivity index (χ3n) is 3.67. The Bertz CT molecular complexity index is 614. The molecule has 0 unspecified atom stereocenters. The normalized spacial score (nSPS) is 13.8. The van der Waals surface area contributed by atoms with E-state index in [9.17, 15) is 4.79 Å². The number of fused-ring (bicyclic) bond motifs is 1. The molecule has 0 radical (unpaired) electrons. The molecule has 0 saturated heterocycles. The number of rotatable bonds is 3. The summed E-state index contributed by atoms with van der Waals surface area (Å²) in [6.07, 6.45) is 3.44. The molecule has 2 aromatic rings. The van der Waals surface area contributed by atoms with Gasteiger partial charge in [0.15, 0.2) is 0 Å². The highest BCUT2D eigenvalue weighted by Crippen LogP contribution is 2.21. The number of nitrogens with zero attached hydrogens (tertiary/aromatic N) is 1. The van der Waals surface area contributed by atoms with E-state index < -0.39 is 0 Å². The lowest BCUT2D eigenvalue weighted by Gasteiger charge is -2.12. The van der Waals surface area contributed by atoms with Crippen LogP contribution in [0.5, 0.6) is 0 Å². The molecule has 2 N–H and O–H groups in total. The van der Waals surface area contributed by atoms with Gasteiger partial charge in [0, 0.05) is 25.0 Å². The van der Waals surface area contributed by atoms with E-state index >= 15 is 0 Å². The van der Waals surface area contributed by atoms with Crippen LogP contribution < -0.4 is 10.6 Å². The molecule has 4 heteroatoms. The second-order valence-electron chi connectivity index (χ2n) is 5.03. The zero-order valence-corrected chi connectivity index (χ0v) is 11.4. The molecule has 0 atom stereocenters. The second kappa shape index (κ2) is 5.33. The number of amides is 1. The lowest BCUT2D eigenvalue weighted by Crippen LogP contribution is -2.35. The first-order valence-corrected chi connectivity index (χ1v) is 6.77. The Morgan fingerprint density at radius 2 is 1.90 bits per heavy atom. The van der Waals surface area contributed by atoms with Gasteiger partial charge >= 0.3 is 0 Å². The molecule has 0 aliphatic heterocycles. The van der Waals surface area contributed by atoms with Crippen molar-refractivity contribution in [3.05, 3.63) is 59.4 Å². The number of nitrogens with one attached hydrogen (secondary N) is 2. The van der Waals surface area contributed by atoms with Crippen molar-refractivity contribution in [3.63, 3.8) is 0 Å². The van der Waals surface area contributed by atoms with Crippen LogP contribution in [-0.4, -0.2) is 24.0 Å². The molecule has 1 aromatic heterocycles. The number of aromatic nitrogens is 1. The summed E-state index contributed by atoms with van der Waals surface area (Å²) in [5.41, 5.74) is 4.00. The van der Waals surface area contributed by atoms with Crippen LogP contribution in [0.1, 0.15) is 21.6 Å². The maximum atomic E-state index is 12.2. The molecule has 0 bridgehead atoms. The predicted molar refractivity (Wildman–Crippen MR) is 78.9 cm³/mol. The third kappa shape index (κ3) is 2.50. The molecule has 0 saturated carbocycles. The van der Waals surface area contributed by atoms with Crippen LogP contribution in [0, 0.1) is 0 Å². The van der Waals surface area contributed by atoms with Gasteiger partial charge in [0.2, 0.25) is 0 Å². The number of pyridine rings is 1. The molecule has 1 aromatic carbocycles. The monoisotopic (exact) mass is 267 g/mol. The molecule has 4 nitrogen and oxygen atoms in total. The van der Waals surface area contributed by atoms with Crippen molar-refractivity contribution in [2.24, 2.45) is 0 Å². The summed E-state index contributed by atoms with van der Waals surface area (Å²) >= 11 is 0. The molecule has 0 fully saturated rings. The first-order valence-electron chi connectivity index (χ1n) is 6.77. The van der Waals surface area contributed by atoms with Crippen molar-refractivity contribution in [2.45, 2.75) is 18.9 Å². The van der Waals surface area contributed by atoms with E-state index in [1.165, 1.54) is 11.1 Å². The summed E-state index contributed by atoms with van der Waals surface area (Å²) < 4.78 is 0. The summed E-state index contributed by atoms with van der Waals surface area (Å²) in [6.45, 7) is 0. The van der Waals surface area contributed by atoms with Gasteiger partial charge in [-0.1, -0.05) is 24.3 Å². The van der Waals surface area contributed by atoms with Crippen molar-refractivity contribution in [2.75, 3.05) is 12.4 Å². The predicted octanol–water partition coefficient (Wildman–Crippen LogP) is 2.02. The Hall–Kier alpha value is -2.36. The number of hydrogen-bond acceptors (Lipinski definition) is 3. The minimum atomic E-state index is -0.111. The van der Waals surface area contributed by atoms with E-state index in [4.69, 9.17) is 0 Å². The molecule has 1 aliphatic carbocycles. The highest BCUT2D eigenvalue weighted by Gasteiger charge is 2.23. The van der Waals surface area contributed by atoms with Crippen molar-refractivity contribution in [1.82, 2.24) is 10.3 Å². The van der Waals surface area contributed by atoms with Crippen LogP contribution in [0.2, 0.25) is 0 Å². The van der Waals surface area contributed by atoms with Crippen molar-refractivity contribution >= 4 is 11.6 Å². The highest BCUT2D eigenvalue weighted by atomic mass is 16.1. The number of carbonyl (C=O) groups excluding carboxylic acids is 1. The van der Waals surface area contributed by atoms with E-state index in [2.05, 4.69) is 27.8 Å². The maximum absolute atomic E-state index is 12.2. The third-order valence-corrected chi connectivity index (χ3v) is 3.67. The van der Waals surface area contributed by atoms with Crippen LogP contribution in [0.25, 0.3) is 0 Å². The van der Waals surface area contributed by atoms with Gasteiger partial charge < -0.3 is 10.6 Å². The van der Waals surface area contributed by atoms with E-state index in [-0.39, 0.29) is 11.9 Å². The highest BCUT2D eigenvalue weighted by molar-refractivity contribution is 5.93. The minimum absolute atomic E-state index is 0.111. The summed E-state index contributed by atoms with van der Waals surface area (Å²) in [5.74, 6) is -0.111. The zero-order valence-electron chi connectivity index (χ0n) is 11.4. The van der Waals surface area contributed by atoms with E-state index in [0.29, 0.717) is 5.69 Å². The molecule has 20 heavy (non-hydrogen) atoms. The van der Waals surface area contributed by atoms with Crippen molar-refractivity contribution < 1.29 is 4.79 Å². The fourth-order valence-corrected chi connectivity index (χ4v) is 2.63. The van der Waals surface area contributed by atoms with Crippen molar-refractivity contribution in [1.29, 1.82) is 0 Å². The summed E-state index contributed by atoms with van der Waals surface area (Å²) in [5, 5.41) is 6.07. The lowest BCUT2D eigenvalue weighted by molar-refractivity contribution is 0.0933. The summed E-state index contributed by atoms with van der Waals surface area (Å²) in [7, 11) is 1.82. The summed E-state index contributed by atoms with van der Waals surface area (Å²) in [6, 6.07) is 12.1. The van der Waals surface area contributed by atoms with Gasteiger partial charge in [-0.3, -0.25) is 9.78 Å². The Balaban J connectivity index is 1.69. The second-order valence-corrected chi connectivity index (χ2v) is 5.03. The number of anilines is 1. The van der Waals surface area contributed by atoms with Gasteiger partial charge in [-0.2, -0.15) is 0 Å². The van der Waals surface area contributed by atoms with Crippen molar-refractivity contribution in [3.8, 4) is 0 Å². The fraction of sp³-hybridized carbons (Fsp3) is 0.250. The lowest BCUT2D eigenvalue weighted by atomic mass is 10.1. The van der Waals surface area contributed by atoms with Crippen LogP contribution >= 0.6 is 0 Å². The first kappa shape index (κ1) is 12.7. The summed E-state index contributed by atoms with van der Waals surface area (Å²) in [4.78, 5) is 16.3. The molecule has 102 valence electrons. The van der Waals surface area contributed by atoms with Gasteiger partial charge in [0.05, 0.1) is 0 Å². The SMILES string of the molecule is CNc1ccnc(C(=O)NC2Cc3ccccc3C2)c1. The van der Waals surface area contributed by atoms with Gasteiger partial charge in [-0.15, -0.1) is 0 Å². The van der Waals surface area contributed by atoms with E-state index in [1.54, 1.807) is 12.3 Å². The standard InChI is InChI=1S/C16H17N3O/c1-17-13-6-7-18-15(10-13)16(20)19-14-8-11-4-2-3-5-12(11)9-14/h2-7,10,14H,8-9H2,1H3,(H,17,18)(H,19,20). The maximum Gasteiger partial charge on any atom is 0.270 e.